The van der Waals surface area contributed by atoms with E-state index in [9.17, 15) is 4.79 Å². The summed E-state index contributed by atoms with van der Waals surface area (Å²) < 4.78 is 5.72. The number of hydrogen-bond acceptors (Lipinski definition) is 4. The molecule has 23 heavy (non-hydrogen) atoms. The molecule has 4 nitrogen and oxygen atoms in total. The van der Waals surface area contributed by atoms with Gasteiger partial charge >= 0.3 is 0 Å². The highest BCUT2D eigenvalue weighted by atomic mass is 16.5. The molecular weight excluding hydrogens is 288 g/mol. The van der Waals surface area contributed by atoms with Gasteiger partial charge in [0.15, 0.2) is 5.78 Å². The number of anilines is 1. The Kier molecular flexibility index (Phi) is 4.63. The topological polar surface area (TPSA) is 55.6 Å². The third-order valence-corrected chi connectivity index (χ3v) is 4.17. The van der Waals surface area contributed by atoms with Gasteiger partial charge in [-0.1, -0.05) is 12.1 Å². The number of ether oxygens (including phenoxy) is 1. The van der Waals surface area contributed by atoms with Gasteiger partial charge in [0, 0.05) is 30.9 Å². The van der Waals surface area contributed by atoms with Crippen LogP contribution >= 0.6 is 0 Å². The molecule has 0 radical (unpaired) electrons. The van der Waals surface area contributed by atoms with Crippen LogP contribution in [-0.4, -0.2) is 23.8 Å². The molecule has 0 saturated heterocycles. The van der Waals surface area contributed by atoms with E-state index in [2.05, 4.69) is 11.0 Å². The van der Waals surface area contributed by atoms with Crippen LogP contribution in [0.15, 0.2) is 42.5 Å². The van der Waals surface area contributed by atoms with E-state index in [1.165, 1.54) is 11.1 Å². The minimum absolute atomic E-state index is 0.128. The molecule has 0 aliphatic carbocycles. The maximum Gasteiger partial charge on any atom is 0.159 e. The van der Waals surface area contributed by atoms with E-state index in [-0.39, 0.29) is 5.78 Å². The van der Waals surface area contributed by atoms with Crippen LogP contribution in [0.3, 0.4) is 0 Å². The molecule has 2 N–H and O–H groups in total. The molecule has 0 unspecified atom stereocenters. The van der Waals surface area contributed by atoms with Crippen LogP contribution < -0.4 is 10.5 Å². The highest BCUT2D eigenvalue weighted by Crippen LogP contribution is 2.24. The molecule has 0 amide bonds. The third-order valence-electron chi connectivity index (χ3n) is 4.17. The predicted octanol–water partition coefficient (Wildman–Crippen LogP) is 3.26. The highest BCUT2D eigenvalue weighted by Gasteiger charge is 2.19. The van der Waals surface area contributed by atoms with Crippen molar-refractivity contribution in [3.63, 3.8) is 0 Å². The van der Waals surface area contributed by atoms with Crippen LogP contribution in [-0.2, 0) is 13.1 Å². The summed E-state index contributed by atoms with van der Waals surface area (Å²) in [6.45, 7) is 5.16. The molecule has 0 bridgehead atoms. The van der Waals surface area contributed by atoms with Crippen molar-refractivity contribution in [3.8, 4) is 5.75 Å². The maximum atomic E-state index is 11.5. The molecule has 3 rings (SSSR count). The molecule has 0 aromatic heterocycles. The van der Waals surface area contributed by atoms with E-state index in [1.807, 2.05) is 36.4 Å². The van der Waals surface area contributed by atoms with E-state index >= 15 is 0 Å². The normalized spacial score (nSPS) is 13.8. The van der Waals surface area contributed by atoms with E-state index in [1.54, 1.807) is 6.92 Å². The Morgan fingerprint density at radius 3 is 2.61 bits per heavy atom. The van der Waals surface area contributed by atoms with Crippen molar-refractivity contribution in [1.29, 1.82) is 0 Å². The number of nitrogens with zero attached hydrogens (tertiary/aromatic N) is 1. The van der Waals surface area contributed by atoms with Crippen molar-refractivity contribution in [2.24, 2.45) is 0 Å². The third kappa shape index (κ3) is 3.90. The van der Waals surface area contributed by atoms with E-state index in [4.69, 9.17) is 10.5 Å². The van der Waals surface area contributed by atoms with Gasteiger partial charge in [-0.25, -0.2) is 0 Å². The van der Waals surface area contributed by atoms with Gasteiger partial charge in [0.1, 0.15) is 5.75 Å². The number of rotatable bonds is 6. The molecule has 0 saturated carbocycles. The van der Waals surface area contributed by atoms with Crippen LogP contribution in [0.25, 0.3) is 0 Å². The highest BCUT2D eigenvalue weighted by molar-refractivity contribution is 5.94. The quantitative estimate of drug-likeness (QED) is 0.505. The summed E-state index contributed by atoms with van der Waals surface area (Å²) in [6, 6.07) is 13.5. The van der Waals surface area contributed by atoms with Crippen LogP contribution in [0.4, 0.5) is 5.69 Å². The van der Waals surface area contributed by atoms with Gasteiger partial charge in [-0.15, -0.1) is 0 Å². The molecule has 2 aromatic carbocycles. The average molecular weight is 310 g/mol. The summed E-state index contributed by atoms with van der Waals surface area (Å²) in [7, 11) is 0. The summed E-state index contributed by atoms with van der Waals surface area (Å²) in [5, 5.41) is 0. The van der Waals surface area contributed by atoms with Crippen LogP contribution in [0.2, 0.25) is 0 Å². The van der Waals surface area contributed by atoms with Crippen LogP contribution in [0.1, 0.15) is 34.8 Å². The van der Waals surface area contributed by atoms with Gasteiger partial charge in [0.05, 0.1) is 6.61 Å². The first-order valence-electron chi connectivity index (χ1n) is 7.95. The van der Waals surface area contributed by atoms with Crippen LogP contribution in [0, 0.1) is 0 Å². The minimum Gasteiger partial charge on any atom is -0.494 e. The zero-order chi connectivity index (χ0) is 16.2. The number of fused-ring (bicyclic) bond motifs is 1. The van der Waals surface area contributed by atoms with E-state index in [0.29, 0.717) is 6.61 Å². The standard InChI is InChI=1S/C19H22N2O2/c1-14(22)15-3-4-16-12-21(13-17(16)11-15)9-2-10-23-19-7-5-18(20)6-8-19/h3-8,11H,2,9-10,12-13,20H2,1H3. The average Bonchev–Trinajstić information content (AvgIpc) is 2.95. The fraction of sp³-hybridized carbons (Fsp3) is 0.316. The molecule has 2 aromatic rings. The van der Waals surface area contributed by atoms with Gasteiger partial charge in [-0.2, -0.15) is 0 Å². The predicted molar refractivity (Wildman–Crippen MR) is 91.5 cm³/mol. The lowest BCUT2D eigenvalue weighted by atomic mass is 10.0. The first-order valence-corrected chi connectivity index (χ1v) is 7.95. The lowest BCUT2D eigenvalue weighted by molar-refractivity contribution is 0.101. The Morgan fingerprint density at radius 1 is 1.13 bits per heavy atom. The molecule has 0 spiro atoms. The Balaban J connectivity index is 1.45. The maximum absolute atomic E-state index is 11.5. The van der Waals surface area contributed by atoms with E-state index < -0.39 is 0 Å². The van der Waals surface area contributed by atoms with Crippen molar-refractivity contribution in [2.45, 2.75) is 26.4 Å². The van der Waals surface area contributed by atoms with Gasteiger partial charge in [-0.05, 0) is 54.8 Å². The molecule has 120 valence electrons. The lowest BCUT2D eigenvalue weighted by Crippen LogP contribution is -2.19. The van der Waals surface area contributed by atoms with Crippen molar-refractivity contribution >= 4 is 11.5 Å². The Labute approximate surface area is 136 Å². The van der Waals surface area contributed by atoms with Gasteiger partial charge in [0.2, 0.25) is 0 Å². The van der Waals surface area contributed by atoms with Gasteiger partial charge in [-0.3, -0.25) is 9.69 Å². The van der Waals surface area contributed by atoms with Crippen molar-refractivity contribution in [3.05, 3.63) is 59.2 Å². The first-order chi connectivity index (χ1) is 11.1. The first kappa shape index (κ1) is 15.6. The summed E-state index contributed by atoms with van der Waals surface area (Å²) in [5.41, 5.74) is 9.81. The number of benzene rings is 2. The number of carbonyl (C=O) groups is 1. The second kappa shape index (κ2) is 6.84. The van der Waals surface area contributed by atoms with Gasteiger partial charge < -0.3 is 10.5 Å². The van der Waals surface area contributed by atoms with Crippen molar-refractivity contribution in [2.75, 3.05) is 18.9 Å². The minimum atomic E-state index is 0.128. The van der Waals surface area contributed by atoms with Crippen LogP contribution in [0.5, 0.6) is 5.75 Å². The molecule has 4 heteroatoms. The van der Waals surface area contributed by atoms with E-state index in [0.717, 1.165) is 43.1 Å². The fourth-order valence-corrected chi connectivity index (χ4v) is 2.88. The summed E-state index contributed by atoms with van der Waals surface area (Å²) >= 11 is 0. The van der Waals surface area contributed by atoms with Crippen molar-refractivity contribution in [1.82, 2.24) is 4.90 Å². The van der Waals surface area contributed by atoms with Gasteiger partial charge in [0.25, 0.3) is 0 Å². The smallest absolute Gasteiger partial charge is 0.159 e. The Morgan fingerprint density at radius 2 is 1.87 bits per heavy atom. The Hall–Kier alpha value is -2.33. The molecule has 1 aliphatic rings. The summed E-state index contributed by atoms with van der Waals surface area (Å²) in [4.78, 5) is 13.8. The monoisotopic (exact) mass is 310 g/mol. The molecule has 1 aliphatic heterocycles. The second-order valence-corrected chi connectivity index (χ2v) is 6.02. The molecule has 1 heterocycles. The number of nitrogen functional groups attached to an aromatic ring is 1. The molecule has 0 atom stereocenters. The number of hydrogen-bond donors (Lipinski definition) is 1. The summed E-state index contributed by atoms with van der Waals surface area (Å²) in [5.74, 6) is 0.984. The lowest BCUT2D eigenvalue weighted by Gasteiger charge is -2.14. The SMILES string of the molecule is CC(=O)c1ccc2c(c1)CN(CCCOc1ccc(N)cc1)C2. The van der Waals surface area contributed by atoms with Crippen molar-refractivity contribution < 1.29 is 9.53 Å². The Bertz CT molecular complexity index is 695. The number of Topliss-reactive ketones (excluding diaryl/α,β-unsaturated/α-hetero) is 1. The zero-order valence-corrected chi connectivity index (χ0v) is 13.4. The zero-order valence-electron chi connectivity index (χ0n) is 13.4. The summed E-state index contributed by atoms with van der Waals surface area (Å²) in [6.07, 6.45) is 0.970. The second-order valence-electron chi connectivity index (χ2n) is 6.02. The molecule has 0 fully saturated rings. The number of carbonyl (C=O) groups excluding carboxylic acids is 1. The largest absolute Gasteiger partial charge is 0.494 e. The number of ketones is 1. The fourth-order valence-electron chi connectivity index (χ4n) is 2.88. The molecular formula is C19H22N2O2. The number of nitrogens with two attached hydrogens (primary N) is 1.